The summed E-state index contributed by atoms with van der Waals surface area (Å²) in [6, 6.07) is 1.28. The van der Waals surface area contributed by atoms with Crippen LogP contribution in [-0.2, 0) is 13.0 Å². The monoisotopic (exact) mass is 263 g/mol. The first-order chi connectivity index (χ1) is 9.01. The van der Waals surface area contributed by atoms with Crippen molar-refractivity contribution in [1.29, 1.82) is 0 Å². The minimum atomic E-state index is -1.25. The summed E-state index contributed by atoms with van der Waals surface area (Å²) in [7, 11) is 0. The van der Waals surface area contributed by atoms with Gasteiger partial charge in [-0.2, -0.15) is 4.98 Å². The van der Waals surface area contributed by atoms with Crippen LogP contribution in [0.2, 0.25) is 0 Å². The highest BCUT2D eigenvalue weighted by atomic mass is 16.5. The van der Waals surface area contributed by atoms with Crippen LogP contribution >= 0.6 is 0 Å². The van der Waals surface area contributed by atoms with E-state index in [0.29, 0.717) is 23.8 Å². The van der Waals surface area contributed by atoms with E-state index in [0.717, 1.165) is 0 Å². The minimum Gasteiger partial charge on any atom is -0.477 e. The number of rotatable bonds is 4. The Labute approximate surface area is 108 Å². The summed E-state index contributed by atoms with van der Waals surface area (Å²) in [5, 5.41) is 12.7. The molecule has 2 aromatic heterocycles. The van der Waals surface area contributed by atoms with Crippen molar-refractivity contribution in [3.63, 3.8) is 0 Å². The summed E-state index contributed by atoms with van der Waals surface area (Å²) in [5.41, 5.74) is -0.159. The fraction of sp³-hybridized carbons (Fsp3) is 0.333. The van der Waals surface area contributed by atoms with Crippen molar-refractivity contribution in [2.24, 2.45) is 0 Å². The second kappa shape index (κ2) is 5.05. The summed E-state index contributed by atoms with van der Waals surface area (Å²) in [6.07, 6.45) is 1.95. The highest BCUT2D eigenvalue weighted by Crippen LogP contribution is 2.05. The maximum absolute atomic E-state index is 11.5. The van der Waals surface area contributed by atoms with Gasteiger partial charge >= 0.3 is 5.97 Å². The van der Waals surface area contributed by atoms with Gasteiger partial charge in [-0.25, -0.2) is 4.79 Å². The maximum Gasteiger partial charge on any atom is 0.341 e. The Bertz CT molecular complexity index is 672. The molecular formula is C12H13N3O4. The van der Waals surface area contributed by atoms with Gasteiger partial charge in [0.2, 0.25) is 5.89 Å². The molecule has 0 unspecified atom stereocenters. The summed E-state index contributed by atoms with van der Waals surface area (Å²) in [4.78, 5) is 26.6. The van der Waals surface area contributed by atoms with Gasteiger partial charge in [-0.15, -0.1) is 0 Å². The second-order valence-electron chi connectivity index (χ2n) is 4.08. The number of hydrogen-bond donors (Lipinski definition) is 1. The van der Waals surface area contributed by atoms with E-state index in [2.05, 4.69) is 10.1 Å². The van der Waals surface area contributed by atoms with Crippen LogP contribution in [0.5, 0.6) is 0 Å². The van der Waals surface area contributed by atoms with E-state index < -0.39 is 11.4 Å². The molecule has 0 aliphatic rings. The fourth-order valence-electron chi connectivity index (χ4n) is 1.65. The van der Waals surface area contributed by atoms with Crippen LogP contribution in [0, 0.1) is 6.92 Å². The summed E-state index contributed by atoms with van der Waals surface area (Å²) in [6.45, 7) is 3.85. The van der Waals surface area contributed by atoms with Crippen LogP contribution in [0.25, 0.3) is 0 Å². The largest absolute Gasteiger partial charge is 0.477 e. The Kier molecular flexibility index (Phi) is 3.46. The van der Waals surface area contributed by atoms with Gasteiger partial charge in [0.15, 0.2) is 11.3 Å². The van der Waals surface area contributed by atoms with Crippen molar-refractivity contribution in [2.75, 3.05) is 0 Å². The Morgan fingerprint density at radius 1 is 1.53 bits per heavy atom. The number of carbonyl (C=O) groups is 1. The van der Waals surface area contributed by atoms with Gasteiger partial charge in [0, 0.05) is 24.4 Å². The van der Waals surface area contributed by atoms with Crippen molar-refractivity contribution < 1.29 is 14.4 Å². The lowest BCUT2D eigenvalue weighted by atomic mass is 10.2. The third-order valence-corrected chi connectivity index (χ3v) is 2.71. The molecule has 7 nitrogen and oxygen atoms in total. The summed E-state index contributed by atoms with van der Waals surface area (Å²) < 4.78 is 6.63. The third-order valence-electron chi connectivity index (χ3n) is 2.71. The topological polar surface area (TPSA) is 98.2 Å². The SMILES string of the molecule is CCc1noc(Cn2cc(C(=O)O)c(=O)cc2C)n1. The fourth-order valence-corrected chi connectivity index (χ4v) is 1.65. The Hall–Kier alpha value is -2.44. The van der Waals surface area contributed by atoms with Crippen molar-refractivity contribution in [1.82, 2.24) is 14.7 Å². The molecule has 0 aliphatic heterocycles. The van der Waals surface area contributed by atoms with Gasteiger partial charge < -0.3 is 14.2 Å². The number of pyridine rings is 1. The highest BCUT2D eigenvalue weighted by molar-refractivity contribution is 5.87. The van der Waals surface area contributed by atoms with E-state index in [1.807, 2.05) is 6.92 Å². The van der Waals surface area contributed by atoms with E-state index in [-0.39, 0.29) is 12.1 Å². The summed E-state index contributed by atoms with van der Waals surface area (Å²) in [5.74, 6) is -0.286. The number of carboxylic acids is 1. The molecule has 0 fully saturated rings. The number of aryl methyl sites for hydroxylation is 2. The first kappa shape index (κ1) is 13.0. The van der Waals surface area contributed by atoms with Crippen molar-refractivity contribution in [2.45, 2.75) is 26.8 Å². The number of nitrogens with zero attached hydrogens (tertiary/aromatic N) is 3. The zero-order valence-electron chi connectivity index (χ0n) is 10.6. The molecule has 2 heterocycles. The third kappa shape index (κ3) is 2.70. The van der Waals surface area contributed by atoms with Gasteiger partial charge in [0.05, 0.1) is 0 Å². The number of hydrogen-bond acceptors (Lipinski definition) is 5. The molecule has 0 radical (unpaired) electrons. The van der Waals surface area contributed by atoms with Crippen LogP contribution in [-0.4, -0.2) is 25.8 Å². The van der Waals surface area contributed by atoms with E-state index in [4.69, 9.17) is 9.63 Å². The Morgan fingerprint density at radius 3 is 2.84 bits per heavy atom. The van der Waals surface area contributed by atoms with Crippen LogP contribution < -0.4 is 5.43 Å². The molecule has 0 atom stereocenters. The molecule has 0 aromatic carbocycles. The molecule has 0 aliphatic carbocycles. The van der Waals surface area contributed by atoms with Gasteiger partial charge in [-0.1, -0.05) is 12.1 Å². The number of aromatic carboxylic acids is 1. The summed E-state index contributed by atoms with van der Waals surface area (Å²) >= 11 is 0. The van der Waals surface area contributed by atoms with Gasteiger partial charge in [-0.3, -0.25) is 4.79 Å². The molecule has 19 heavy (non-hydrogen) atoms. The zero-order valence-corrected chi connectivity index (χ0v) is 10.6. The first-order valence-corrected chi connectivity index (χ1v) is 5.77. The van der Waals surface area contributed by atoms with Gasteiger partial charge in [-0.05, 0) is 6.92 Å². The Morgan fingerprint density at radius 2 is 2.26 bits per heavy atom. The average molecular weight is 263 g/mol. The maximum atomic E-state index is 11.5. The average Bonchev–Trinajstić information content (AvgIpc) is 2.80. The van der Waals surface area contributed by atoms with Crippen molar-refractivity contribution in [3.05, 3.63) is 45.5 Å². The molecule has 7 heteroatoms. The molecular weight excluding hydrogens is 250 g/mol. The standard InChI is InChI=1S/C12H13N3O4/c1-3-10-13-11(19-14-10)6-15-5-8(12(17)18)9(16)4-7(15)2/h4-5H,3,6H2,1-2H3,(H,17,18). The van der Waals surface area contributed by atoms with E-state index in [1.165, 1.54) is 12.3 Å². The number of carboxylic acid groups (broad SMARTS) is 1. The lowest BCUT2D eigenvalue weighted by molar-refractivity contribution is 0.0694. The lowest BCUT2D eigenvalue weighted by Crippen LogP contribution is -2.19. The van der Waals surface area contributed by atoms with Crippen LogP contribution in [0.1, 0.15) is 34.7 Å². The molecule has 0 spiro atoms. The quantitative estimate of drug-likeness (QED) is 0.878. The second-order valence-corrected chi connectivity index (χ2v) is 4.08. The zero-order chi connectivity index (χ0) is 14.0. The molecule has 1 N–H and O–H groups in total. The minimum absolute atomic E-state index is 0.236. The van der Waals surface area contributed by atoms with Gasteiger partial charge in [0.1, 0.15) is 12.1 Å². The first-order valence-electron chi connectivity index (χ1n) is 5.77. The normalized spacial score (nSPS) is 10.6. The molecule has 0 saturated carbocycles. The van der Waals surface area contributed by atoms with E-state index in [1.54, 1.807) is 11.5 Å². The van der Waals surface area contributed by atoms with E-state index in [9.17, 15) is 9.59 Å². The molecule has 2 aromatic rings. The molecule has 2 rings (SSSR count). The van der Waals surface area contributed by atoms with Crippen molar-refractivity contribution in [3.8, 4) is 0 Å². The lowest BCUT2D eigenvalue weighted by Gasteiger charge is -2.08. The Balaban J connectivity index is 2.36. The molecule has 100 valence electrons. The predicted octanol–water partition coefficient (Wildman–Crippen LogP) is 0.849. The molecule has 0 saturated heterocycles. The van der Waals surface area contributed by atoms with Crippen molar-refractivity contribution >= 4 is 5.97 Å². The highest BCUT2D eigenvalue weighted by Gasteiger charge is 2.12. The van der Waals surface area contributed by atoms with E-state index >= 15 is 0 Å². The van der Waals surface area contributed by atoms with Gasteiger partial charge in [0.25, 0.3) is 0 Å². The van der Waals surface area contributed by atoms with Crippen LogP contribution in [0.3, 0.4) is 0 Å². The smallest absolute Gasteiger partial charge is 0.341 e. The van der Waals surface area contributed by atoms with Crippen LogP contribution in [0.15, 0.2) is 21.6 Å². The molecule has 0 amide bonds. The molecule has 0 bridgehead atoms. The number of aromatic nitrogens is 3. The van der Waals surface area contributed by atoms with Crippen LogP contribution in [0.4, 0.5) is 0 Å². The predicted molar refractivity (Wildman–Crippen MR) is 65.2 cm³/mol.